The molecule has 6 heteroatoms. The standard InChI is InChI=1S/C26H22FNO4/c1-32-21-9-5-8-19(16-21)23-22(24(29)18-10-12-20(27)13-11-18)25(30)26(31)28(23)15-14-17-6-3-2-4-7-17/h2-13,16,23,29H,14-15H2,1H3. The Bertz CT molecular complexity index is 1170. The molecule has 0 bridgehead atoms. The second kappa shape index (κ2) is 9.06. The third-order valence-corrected chi connectivity index (χ3v) is 5.55. The average molecular weight is 431 g/mol. The van der Waals surface area contributed by atoms with Gasteiger partial charge in [0.05, 0.1) is 18.7 Å². The fourth-order valence-corrected chi connectivity index (χ4v) is 3.93. The van der Waals surface area contributed by atoms with Crippen molar-refractivity contribution in [3.8, 4) is 5.75 Å². The third-order valence-electron chi connectivity index (χ3n) is 5.55. The molecule has 4 rings (SSSR count). The van der Waals surface area contributed by atoms with E-state index in [1.165, 1.54) is 36.3 Å². The number of hydrogen-bond donors (Lipinski definition) is 1. The van der Waals surface area contributed by atoms with Gasteiger partial charge in [-0.05, 0) is 53.9 Å². The van der Waals surface area contributed by atoms with Gasteiger partial charge in [-0.15, -0.1) is 0 Å². The number of likely N-dealkylation sites (tertiary alicyclic amines) is 1. The monoisotopic (exact) mass is 431 g/mol. The molecule has 1 N–H and O–H groups in total. The number of carbonyl (C=O) groups is 2. The number of halogens is 1. The Hall–Kier alpha value is -3.93. The molecule has 0 spiro atoms. The minimum absolute atomic E-state index is 0.0251. The number of aliphatic hydroxyl groups is 1. The van der Waals surface area contributed by atoms with Crippen LogP contribution in [-0.2, 0) is 16.0 Å². The molecule has 1 aliphatic heterocycles. The van der Waals surface area contributed by atoms with Gasteiger partial charge in [-0.2, -0.15) is 0 Å². The first kappa shape index (κ1) is 21.3. The van der Waals surface area contributed by atoms with Crippen molar-refractivity contribution in [2.75, 3.05) is 13.7 Å². The van der Waals surface area contributed by atoms with Crippen molar-refractivity contribution in [1.29, 1.82) is 0 Å². The van der Waals surface area contributed by atoms with Crippen LogP contribution in [0.5, 0.6) is 5.75 Å². The van der Waals surface area contributed by atoms with Gasteiger partial charge < -0.3 is 14.7 Å². The Morgan fingerprint density at radius 3 is 2.41 bits per heavy atom. The van der Waals surface area contributed by atoms with E-state index >= 15 is 0 Å². The molecule has 0 aliphatic carbocycles. The van der Waals surface area contributed by atoms with E-state index in [1.54, 1.807) is 24.3 Å². The quantitative estimate of drug-likeness (QED) is 0.355. The molecule has 1 heterocycles. The zero-order chi connectivity index (χ0) is 22.7. The molecule has 3 aromatic rings. The number of nitrogens with zero attached hydrogens (tertiary/aromatic N) is 1. The van der Waals surface area contributed by atoms with E-state index in [1.807, 2.05) is 30.3 Å². The molecule has 162 valence electrons. The highest BCUT2D eigenvalue weighted by molar-refractivity contribution is 6.46. The molecule has 1 atom stereocenters. The summed E-state index contributed by atoms with van der Waals surface area (Å²) in [7, 11) is 1.53. The summed E-state index contributed by atoms with van der Waals surface area (Å²) in [6, 6.07) is 21.1. The predicted octanol–water partition coefficient (Wildman–Crippen LogP) is 4.50. The average Bonchev–Trinajstić information content (AvgIpc) is 3.08. The van der Waals surface area contributed by atoms with Gasteiger partial charge in [-0.1, -0.05) is 42.5 Å². The Morgan fingerprint density at radius 2 is 1.72 bits per heavy atom. The van der Waals surface area contributed by atoms with Crippen LogP contribution in [-0.4, -0.2) is 35.4 Å². The minimum atomic E-state index is -0.793. The van der Waals surface area contributed by atoms with Gasteiger partial charge in [-0.3, -0.25) is 9.59 Å². The first-order valence-electron chi connectivity index (χ1n) is 10.2. The van der Waals surface area contributed by atoms with Crippen molar-refractivity contribution in [1.82, 2.24) is 4.90 Å². The fourth-order valence-electron chi connectivity index (χ4n) is 3.93. The van der Waals surface area contributed by atoms with E-state index in [0.717, 1.165) is 5.56 Å². The molecule has 5 nitrogen and oxygen atoms in total. The highest BCUT2D eigenvalue weighted by Crippen LogP contribution is 2.40. The molecule has 0 saturated carbocycles. The summed E-state index contributed by atoms with van der Waals surface area (Å²) in [6.45, 7) is 0.288. The number of methoxy groups -OCH3 is 1. The number of rotatable bonds is 6. The molecule has 1 saturated heterocycles. The van der Waals surface area contributed by atoms with Crippen LogP contribution in [0.1, 0.15) is 22.7 Å². The number of aliphatic hydroxyl groups excluding tert-OH is 1. The van der Waals surface area contributed by atoms with Gasteiger partial charge in [0.15, 0.2) is 0 Å². The van der Waals surface area contributed by atoms with Gasteiger partial charge in [0, 0.05) is 12.1 Å². The van der Waals surface area contributed by atoms with Crippen molar-refractivity contribution < 1.29 is 23.8 Å². The molecular weight excluding hydrogens is 409 g/mol. The van der Waals surface area contributed by atoms with Crippen LogP contribution < -0.4 is 4.74 Å². The first-order chi connectivity index (χ1) is 15.5. The molecule has 1 fully saturated rings. The van der Waals surface area contributed by atoms with E-state index in [2.05, 4.69) is 0 Å². The van der Waals surface area contributed by atoms with Crippen LogP contribution in [0.4, 0.5) is 4.39 Å². The second-order valence-electron chi connectivity index (χ2n) is 7.51. The molecule has 32 heavy (non-hydrogen) atoms. The lowest BCUT2D eigenvalue weighted by Gasteiger charge is -2.25. The number of benzene rings is 3. The molecule has 0 aromatic heterocycles. The number of ether oxygens (including phenoxy) is 1. The lowest BCUT2D eigenvalue weighted by molar-refractivity contribution is -0.139. The summed E-state index contributed by atoms with van der Waals surface area (Å²) < 4.78 is 18.7. The van der Waals surface area contributed by atoms with Crippen molar-refractivity contribution in [3.63, 3.8) is 0 Å². The predicted molar refractivity (Wildman–Crippen MR) is 119 cm³/mol. The maximum absolute atomic E-state index is 13.4. The van der Waals surface area contributed by atoms with E-state index < -0.39 is 23.5 Å². The molecule has 1 amide bonds. The summed E-state index contributed by atoms with van der Waals surface area (Å²) in [6.07, 6.45) is 0.547. The number of amides is 1. The SMILES string of the molecule is COc1cccc(C2C(=C(O)c3ccc(F)cc3)C(=O)C(=O)N2CCc2ccccc2)c1. The maximum Gasteiger partial charge on any atom is 0.295 e. The second-order valence-corrected chi connectivity index (χ2v) is 7.51. The number of carbonyl (C=O) groups excluding carboxylic acids is 2. The van der Waals surface area contributed by atoms with Crippen molar-refractivity contribution in [2.24, 2.45) is 0 Å². The number of ketones is 1. The Labute approximate surface area is 185 Å². The van der Waals surface area contributed by atoms with E-state index in [0.29, 0.717) is 17.7 Å². The normalized spacial score (nSPS) is 17.6. The largest absolute Gasteiger partial charge is 0.507 e. The lowest BCUT2D eigenvalue weighted by atomic mass is 9.95. The number of hydrogen-bond acceptors (Lipinski definition) is 4. The van der Waals surface area contributed by atoms with Crippen LogP contribution in [0.15, 0.2) is 84.4 Å². The summed E-state index contributed by atoms with van der Waals surface area (Å²) in [4.78, 5) is 27.5. The van der Waals surface area contributed by atoms with Crippen LogP contribution in [0, 0.1) is 5.82 Å². The van der Waals surface area contributed by atoms with Crippen LogP contribution in [0.2, 0.25) is 0 Å². The Kier molecular flexibility index (Phi) is 6.03. The van der Waals surface area contributed by atoms with Crippen LogP contribution >= 0.6 is 0 Å². The highest BCUT2D eigenvalue weighted by Gasteiger charge is 2.45. The van der Waals surface area contributed by atoms with E-state index in [-0.39, 0.29) is 23.4 Å². The first-order valence-corrected chi connectivity index (χ1v) is 10.2. The van der Waals surface area contributed by atoms with Crippen LogP contribution in [0.3, 0.4) is 0 Å². The van der Waals surface area contributed by atoms with Gasteiger partial charge in [0.1, 0.15) is 17.3 Å². The third kappa shape index (κ3) is 4.12. The number of Topliss-reactive ketones (excluding diaryl/α,β-unsaturated/α-hetero) is 1. The van der Waals surface area contributed by atoms with Gasteiger partial charge in [0.2, 0.25) is 0 Å². The summed E-state index contributed by atoms with van der Waals surface area (Å²) >= 11 is 0. The maximum atomic E-state index is 13.4. The topological polar surface area (TPSA) is 66.8 Å². The summed E-state index contributed by atoms with van der Waals surface area (Å²) in [5, 5.41) is 11.0. The lowest BCUT2D eigenvalue weighted by Crippen LogP contribution is -2.31. The van der Waals surface area contributed by atoms with Gasteiger partial charge in [-0.25, -0.2) is 4.39 Å². The van der Waals surface area contributed by atoms with E-state index in [9.17, 15) is 19.1 Å². The molecule has 1 aliphatic rings. The Morgan fingerprint density at radius 1 is 1.00 bits per heavy atom. The summed E-state index contributed by atoms with van der Waals surface area (Å²) in [5.74, 6) is -1.68. The van der Waals surface area contributed by atoms with Crippen molar-refractivity contribution in [2.45, 2.75) is 12.5 Å². The van der Waals surface area contributed by atoms with E-state index in [4.69, 9.17) is 4.74 Å². The van der Waals surface area contributed by atoms with Gasteiger partial charge >= 0.3 is 0 Å². The van der Waals surface area contributed by atoms with Crippen molar-refractivity contribution in [3.05, 3.63) is 107 Å². The zero-order valence-corrected chi connectivity index (χ0v) is 17.5. The zero-order valence-electron chi connectivity index (χ0n) is 17.5. The minimum Gasteiger partial charge on any atom is -0.507 e. The summed E-state index contributed by atoms with van der Waals surface area (Å²) in [5.41, 5.74) is 1.90. The fraction of sp³-hybridized carbons (Fsp3) is 0.154. The Balaban J connectivity index is 1.80. The molecule has 3 aromatic carbocycles. The smallest absolute Gasteiger partial charge is 0.295 e. The van der Waals surface area contributed by atoms with Crippen molar-refractivity contribution >= 4 is 17.4 Å². The molecule has 1 unspecified atom stereocenters. The van der Waals surface area contributed by atoms with Crippen LogP contribution in [0.25, 0.3) is 5.76 Å². The van der Waals surface area contributed by atoms with Gasteiger partial charge in [0.25, 0.3) is 11.7 Å². The molecule has 0 radical (unpaired) electrons. The highest BCUT2D eigenvalue weighted by atomic mass is 19.1. The molecular formula is C26H22FNO4.